The monoisotopic (exact) mass is 399 g/mol. The van der Waals surface area contributed by atoms with Gasteiger partial charge in [0.25, 0.3) is 0 Å². The highest BCUT2D eigenvalue weighted by molar-refractivity contribution is 5.85. The van der Waals surface area contributed by atoms with E-state index in [1.54, 1.807) is 6.20 Å². The van der Waals surface area contributed by atoms with Crippen LogP contribution in [0.1, 0.15) is 25.2 Å². The second-order valence-electron chi connectivity index (χ2n) is 6.37. The van der Waals surface area contributed by atoms with Crippen molar-refractivity contribution in [3.63, 3.8) is 0 Å². The van der Waals surface area contributed by atoms with Gasteiger partial charge in [-0.05, 0) is 32.4 Å². The third kappa shape index (κ3) is 6.01. The minimum atomic E-state index is 0. The number of amides is 1. The molecule has 5 nitrogen and oxygen atoms in total. The van der Waals surface area contributed by atoms with Crippen LogP contribution >= 0.6 is 24.8 Å². The van der Waals surface area contributed by atoms with E-state index >= 15 is 0 Å². The predicted molar refractivity (Wildman–Crippen MR) is 108 cm³/mol. The van der Waals surface area contributed by atoms with E-state index in [9.17, 15) is 4.79 Å². The number of hydrogen-bond acceptors (Lipinski definition) is 4. The van der Waals surface area contributed by atoms with E-state index in [1.165, 1.54) is 0 Å². The highest BCUT2D eigenvalue weighted by atomic mass is 35.5. The van der Waals surface area contributed by atoms with Crippen LogP contribution in [-0.2, 0) is 11.2 Å². The molecule has 0 unspecified atom stereocenters. The van der Waals surface area contributed by atoms with Gasteiger partial charge in [0.2, 0.25) is 5.91 Å². The fourth-order valence-electron chi connectivity index (χ4n) is 3.21. The topological polar surface area (TPSA) is 58.4 Å². The van der Waals surface area contributed by atoms with Crippen molar-refractivity contribution in [3.05, 3.63) is 42.4 Å². The normalized spacial score (nSPS) is 14.4. The Bertz CT molecular complexity index is 656. The summed E-state index contributed by atoms with van der Waals surface area (Å²) in [5.74, 6) is 2.29. The van der Waals surface area contributed by atoms with E-state index in [4.69, 9.17) is 4.42 Å². The molecule has 3 rings (SSSR count). The highest BCUT2D eigenvalue weighted by Crippen LogP contribution is 2.21. The van der Waals surface area contributed by atoms with Crippen LogP contribution in [0.3, 0.4) is 0 Å². The van der Waals surface area contributed by atoms with Gasteiger partial charge in [-0.2, -0.15) is 0 Å². The molecule has 2 aromatic rings. The van der Waals surface area contributed by atoms with Crippen molar-refractivity contribution < 1.29 is 9.21 Å². The number of aryl methyl sites for hydroxylation is 1. The summed E-state index contributed by atoms with van der Waals surface area (Å²) in [6.07, 6.45) is 4.93. The Kier molecular flexibility index (Phi) is 9.70. The summed E-state index contributed by atoms with van der Waals surface area (Å²) in [7, 11) is 1.98. The van der Waals surface area contributed by atoms with Crippen molar-refractivity contribution in [2.75, 3.05) is 26.7 Å². The molecule has 0 spiro atoms. The molecular weight excluding hydrogens is 373 g/mol. The molecule has 2 heterocycles. The van der Waals surface area contributed by atoms with Crippen molar-refractivity contribution >= 4 is 30.7 Å². The first-order chi connectivity index (χ1) is 11.8. The van der Waals surface area contributed by atoms with Gasteiger partial charge in [-0.15, -0.1) is 24.8 Å². The van der Waals surface area contributed by atoms with Gasteiger partial charge < -0.3 is 14.6 Å². The van der Waals surface area contributed by atoms with E-state index < -0.39 is 0 Å². The lowest BCUT2D eigenvalue weighted by Gasteiger charge is -2.32. The molecule has 1 aromatic carbocycles. The minimum absolute atomic E-state index is 0. The first-order valence-electron chi connectivity index (χ1n) is 8.69. The second kappa shape index (κ2) is 11.2. The van der Waals surface area contributed by atoms with E-state index in [0.29, 0.717) is 24.7 Å². The smallest absolute Gasteiger partial charge is 0.223 e. The Balaban J connectivity index is 0.00000169. The van der Waals surface area contributed by atoms with Crippen LogP contribution in [0.4, 0.5) is 0 Å². The Hall–Kier alpha value is -1.56. The molecule has 1 fully saturated rings. The largest absolute Gasteiger partial charge is 0.441 e. The minimum Gasteiger partial charge on any atom is -0.441 e. The number of likely N-dealkylation sites (tertiary alicyclic amines) is 1. The Morgan fingerprint density at radius 2 is 1.92 bits per heavy atom. The fraction of sp³-hybridized carbons (Fsp3) is 0.474. The maximum absolute atomic E-state index is 12.4. The molecule has 0 saturated carbocycles. The van der Waals surface area contributed by atoms with Crippen LogP contribution in [0.15, 0.2) is 40.9 Å². The average Bonchev–Trinajstić information content (AvgIpc) is 3.10. The summed E-state index contributed by atoms with van der Waals surface area (Å²) in [5, 5.41) is 3.22. The Labute approximate surface area is 167 Å². The molecule has 1 amide bonds. The molecule has 1 aromatic heterocycles. The van der Waals surface area contributed by atoms with Crippen molar-refractivity contribution in [1.82, 2.24) is 15.2 Å². The lowest BCUT2D eigenvalue weighted by atomic mass is 9.96. The van der Waals surface area contributed by atoms with E-state index in [0.717, 1.165) is 43.8 Å². The quantitative estimate of drug-likeness (QED) is 0.806. The Morgan fingerprint density at radius 3 is 2.58 bits per heavy atom. The molecule has 7 heteroatoms. The lowest BCUT2D eigenvalue weighted by molar-refractivity contribution is -0.132. The van der Waals surface area contributed by atoms with Gasteiger partial charge in [0.05, 0.1) is 6.20 Å². The van der Waals surface area contributed by atoms with Gasteiger partial charge in [-0.3, -0.25) is 4.79 Å². The van der Waals surface area contributed by atoms with Gasteiger partial charge >= 0.3 is 0 Å². The van der Waals surface area contributed by atoms with Crippen LogP contribution in [0.5, 0.6) is 0 Å². The third-order valence-corrected chi connectivity index (χ3v) is 4.62. The zero-order chi connectivity index (χ0) is 16.8. The van der Waals surface area contributed by atoms with Crippen LogP contribution in [-0.4, -0.2) is 42.5 Å². The molecule has 0 bridgehead atoms. The molecule has 1 N–H and O–H groups in total. The molecular formula is C19H27Cl2N3O2. The molecule has 0 radical (unpaired) electrons. The highest BCUT2D eigenvalue weighted by Gasteiger charge is 2.22. The van der Waals surface area contributed by atoms with Gasteiger partial charge in [-0.25, -0.2) is 4.98 Å². The summed E-state index contributed by atoms with van der Waals surface area (Å²) in [6.45, 7) is 2.78. The number of oxazole rings is 1. The number of nitrogens with one attached hydrogen (secondary N) is 1. The second-order valence-corrected chi connectivity index (χ2v) is 6.37. The van der Waals surface area contributed by atoms with E-state index in [-0.39, 0.29) is 30.7 Å². The summed E-state index contributed by atoms with van der Waals surface area (Å²) in [4.78, 5) is 18.6. The van der Waals surface area contributed by atoms with Gasteiger partial charge in [0.15, 0.2) is 11.7 Å². The van der Waals surface area contributed by atoms with E-state index in [2.05, 4.69) is 10.3 Å². The van der Waals surface area contributed by atoms with Crippen LogP contribution in [0.2, 0.25) is 0 Å². The molecule has 1 saturated heterocycles. The molecule has 0 aliphatic carbocycles. The van der Waals surface area contributed by atoms with Crippen molar-refractivity contribution in [3.8, 4) is 11.3 Å². The first-order valence-corrected chi connectivity index (χ1v) is 8.69. The summed E-state index contributed by atoms with van der Waals surface area (Å²) >= 11 is 0. The van der Waals surface area contributed by atoms with Crippen molar-refractivity contribution in [1.29, 1.82) is 0 Å². The zero-order valence-electron chi connectivity index (χ0n) is 15.0. The number of benzene rings is 1. The average molecular weight is 400 g/mol. The molecule has 1 aliphatic rings. The van der Waals surface area contributed by atoms with Crippen LogP contribution in [0, 0.1) is 5.92 Å². The maximum atomic E-state index is 12.4. The van der Waals surface area contributed by atoms with Crippen LogP contribution in [0.25, 0.3) is 11.3 Å². The first kappa shape index (κ1) is 22.5. The summed E-state index contributed by atoms with van der Waals surface area (Å²) in [5.41, 5.74) is 1.01. The van der Waals surface area contributed by atoms with Gasteiger partial charge in [0, 0.05) is 31.5 Å². The standard InChI is InChI=1S/C19H25N3O2.2ClH/c1-20-13-15-9-11-22(12-10-15)19(23)8-7-18-21-14-17(24-18)16-5-3-2-4-6-16;;/h2-6,14-15,20H,7-13H2,1H3;2*1H. The third-order valence-electron chi connectivity index (χ3n) is 4.62. The lowest BCUT2D eigenvalue weighted by Crippen LogP contribution is -2.40. The fourth-order valence-corrected chi connectivity index (χ4v) is 3.21. The van der Waals surface area contributed by atoms with Gasteiger partial charge in [-0.1, -0.05) is 30.3 Å². The number of carbonyl (C=O) groups excluding carboxylic acids is 1. The summed E-state index contributed by atoms with van der Waals surface area (Å²) in [6, 6.07) is 9.90. The zero-order valence-corrected chi connectivity index (χ0v) is 16.7. The van der Waals surface area contributed by atoms with Crippen LogP contribution < -0.4 is 5.32 Å². The number of nitrogens with zero attached hydrogens (tertiary/aromatic N) is 2. The number of halogens is 2. The van der Waals surface area contributed by atoms with E-state index in [1.807, 2.05) is 42.3 Å². The number of carbonyl (C=O) groups is 1. The van der Waals surface area contributed by atoms with Crippen molar-refractivity contribution in [2.45, 2.75) is 25.7 Å². The molecule has 0 atom stereocenters. The number of piperidine rings is 1. The number of aromatic nitrogens is 1. The molecule has 1 aliphatic heterocycles. The predicted octanol–water partition coefficient (Wildman–Crippen LogP) is 3.58. The summed E-state index contributed by atoms with van der Waals surface area (Å²) < 4.78 is 5.77. The Morgan fingerprint density at radius 1 is 1.23 bits per heavy atom. The number of rotatable bonds is 6. The maximum Gasteiger partial charge on any atom is 0.223 e. The SMILES string of the molecule is CNCC1CCN(C(=O)CCc2ncc(-c3ccccc3)o2)CC1.Cl.Cl. The van der Waals surface area contributed by atoms with Gasteiger partial charge in [0.1, 0.15) is 0 Å². The molecule has 144 valence electrons. The number of hydrogen-bond donors (Lipinski definition) is 1. The van der Waals surface area contributed by atoms with Crippen molar-refractivity contribution in [2.24, 2.45) is 5.92 Å². The molecule has 26 heavy (non-hydrogen) atoms.